The van der Waals surface area contributed by atoms with Gasteiger partial charge < -0.3 is 11.1 Å². The Morgan fingerprint density at radius 2 is 2.18 bits per heavy atom. The summed E-state index contributed by atoms with van der Waals surface area (Å²) in [6, 6.07) is -0.169. The van der Waals surface area contributed by atoms with Gasteiger partial charge in [0.25, 0.3) is 5.91 Å². The van der Waals surface area contributed by atoms with Gasteiger partial charge in [-0.25, -0.2) is 4.39 Å². The van der Waals surface area contributed by atoms with Gasteiger partial charge in [0, 0.05) is 12.6 Å². The van der Waals surface area contributed by atoms with E-state index in [0.29, 0.717) is 6.54 Å². The zero-order valence-electron chi connectivity index (χ0n) is 7.15. The van der Waals surface area contributed by atoms with E-state index in [1.54, 1.807) is 6.92 Å². The molecule has 0 heterocycles. The summed E-state index contributed by atoms with van der Waals surface area (Å²) >= 11 is 0. The molecule has 3 nitrogen and oxygen atoms in total. The standard InChI is InChI=1S/C7H15FN2O/c1-5(4-9)10-6(11)7(2,3)8/h5H,4,9H2,1-3H3,(H,10,11). The third kappa shape index (κ3) is 3.93. The fourth-order valence-electron chi connectivity index (χ4n) is 0.454. The van der Waals surface area contributed by atoms with Crippen LogP contribution in [0.5, 0.6) is 0 Å². The van der Waals surface area contributed by atoms with Crippen molar-refractivity contribution in [2.45, 2.75) is 32.5 Å². The summed E-state index contributed by atoms with van der Waals surface area (Å²) in [7, 11) is 0. The molecule has 0 aromatic rings. The number of amides is 1. The van der Waals surface area contributed by atoms with Crippen LogP contribution in [0.3, 0.4) is 0 Å². The first-order valence-corrected chi connectivity index (χ1v) is 3.58. The number of carbonyl (C=O) groups is 1. The predicted molar refractivity (Wildman–Crippen MR) is 41.8 cm³/mol. The number of rotatable bonds is 3. The van der Waals surface area contributed by atoms with Crippen molar-refractivity contribution in [2.24, 2.45) is 5.73 Å². The van der Waals surface area contributed by atoms with Gasteiger partial charge in [0.15, 0.2) is 5.67 Å². The van der Waals surface area contributed by atoms with Crippen LogP contribution in [0.4, 0.5) is 4.39 Å². The summed E-state index contributed by atoms with van der Waals surface area (Å²) in [6.07, 6.45) is 0. The molecule has 0 aromatic heterocycles. The molecular weight excluding hydrogens is 147 g/mol. The number of hydrogen-bond donors (Lipinski definition) is 2. The van der Waals surface area contributed by atoms with Crippen molar-refractivity contribution in [1.29, 1.82) is 0 Å². The van der Waals surface area contributed by atoms with Crippen LogP contribution in [0.1, 0.15) is 20.8 Å². The normalized spacial score (nSPS) is 14.3. The fraction of sp³-hybridized carbons (Fsp3) is 0.857. The average Bonchev–Trinajstić information content (AvgIpc) is 1.85. The molecule has 0 spiro atoms. The zero-order valence-corrected chi connectivity index (χ0v) is 7.15. The molecule has 0 aromatic carbocycles. The van der Waals surface area contributed by atoms with Crippen LogP contribution in [-0.4, -0.2) is 24.2 Å². The minimum atomic E-state index is -1.82. The van der Waals surface area contributed by atoms with Gasteiger partial charge in [-0.3, -0.25) is 4.79 Å². The van der Waals surface area contributed by atoms with Crippen molar-refractivity contribution < 1.29 is 9.18 Å². The highest BCUT2D eigenvalue weighted by atomic mass is 19.1. The number of hydrogen-bond acceptors (Lipinski definition) is 2. The highest BCUT2D eigenvalue weighted by molar-refractivity contribution is 5.84. The lowest BCUT2D eigenvalue weighted by Gasteiger charge is -2.17. The van der Waals surface area contributed by atoms with Gasteiger partial charge >= 0.3 is 0 Å². The van der Waals surface area contributed by atoms with E-state index in [-0.39, 0.29) is 6.04 Å². The van der Waals surface area contributed by atoms with Crippen molar-refractivity contribution in [3.8, 4) is 0 Å². The average molecular weight is 162 g/mol. The Kier molecular flexibility index (Phi) is 3.45. The predicted octanol–water partition coefficient (Wildman–Crippen LogP) is 0.198. The summed E-state index contributed by atoms with van der Waals surface area (Å²) in [4.78, 5) is 10.9. The van der Waals surface area contributed by atoms with E-state index in [2.05, 4.69) is 5.32 Å². The summed E-state index contributed by atoms with van der Waals surface area (Å²) in [5.41, 5.74) is 3.41. The summed E-state index contributed by atoms with van der Waals surface area (Å²) in [5.74, 6) is -0.615. The van der Waals surface area contributed by atoms with Crippen molar-refractivity contribution in [1.82, 2.24) is 5.32 Å². The molecule has 0 radical (unpaired) electrons. The SMILES string of the molecule is CC(CN)NC(=O)C(C)(C)F. The minimum Gasteiger partial charge on any atom is -0.350 e. The second-order valence-electron chi connectivity index (χ2n) is 3.08. The van der Waals surface area contributed by atoms with Gasteiger partial charge in [-0.1, -0.05) is 0 Å². The summed E-state index contributed by atoms with van der Waals surface area (Å²) in [5, 5.41) is 2.43. The first-order chi connectivity index (χ1) is 4.88. The van der Waals surface area contributed by atoms with Gasteiger partial charge in [0.1, 0.15) is 0 Å². The molecule has 0 aliphatic carbocycles. The lowest BCUT2D eigenvalue weighted by molar-refractivity contribution is -0.131. The maximum atomic E-state index is 12.8. The monoisotopic (exact) mass is 162 g/mol. The Labute approximate surface area is 66.1 Å². The van der Waals surface area contributed by atoms with Gasteiger partial charge in [-0.15, -0.1) is 0 Å². The van der Waals surface area contributed by atoms with E-state index in [1.165, 1.54) is 13.8 Å². The Morgan fingerprint density at radius 3 is 2.45 bits per heavy atom. The zero-order chi connectivity index (χ0) is 9.07. The number of carbonyl (C=O) groups excluding carboxylic acids is 1. The lowest BCUT2D eigenvalue weighted by atomic mass is 10.1. The molecule has 3 N–H and O–H groups in total. The number of halogens is 1. The van der Waals surface area contributed by atoms with Crippen LogP contribution < -0.4 is 11.1 Å². The molecular formula is C7H15FN2O. The van der Waals surface area contributed by atoms with Gasteiger partial charge in [-0.05, 0) is 20.8 Å². The van der Waals surface area contributed by atoms with Crippen molar-refractivity contribution in [2.75, 3.05) is 6.54 Å². The van der Waals surface area contributed by atoms with Crippen LogP contribution >= 0.6 is 0 Å². The van der Waals surface area contributed by atoms with Gasteiger partial charge in [-0.2, -0.15) is 0 Å². The highest BCUT2D eigenvalue weighted by Crippen LogP contribution is 2.07. The Morgan fingerprint density at radius 1 is 1.73 bits per heavy atom. The molecule has 1 atom stereocenters. The molecule has 0 saturated heterocycles. The first-order valence-electron chi connectivity index (χ1n) is 3.58. The van der Waals surface area contributed by atoms with Crippen LogP contribution in [0, 0.1) is 0 Å². The first kappa shape index (κ1) is 10.4. The largest absolute Gasteiger partial charge is 0.350 e. The van der Waals surface area contributed by atoms with Crippen LogP contribution in [0.15, 0.2) is 0 Å². The Hall–Kier alpha value is -0.640. The minimum absolute atomic E-state index is 0.169. The second-order valence-corrected chi connectivity index (χ2v) is 3.08. The molecule has 0 bridgehead atoms. The number of alkyl halides is 1. The molecule has 11 heavy (non-hydrogen) atoms. The molecule has 0 rings (SSSR count). The Bertz CT molecular complexity index is 142. The molecule has 0 fully saturated rings. The summed E-state index contributed by atoms with van der Waals surface area (Å²) < 4.78 is 12.8. The van der Waals surface area contributed by atoms with Crippen molar-refractivity contribution >= 4 is 5.91 Å². The molecule has 4 heteroatoms. The maximum absolute atomic E-state index is 12.8. The fourth-order valence-corrected chi connectivity index (χ4v) is 0.454. The molecule has 0 saturated carbocycles. The van der Waals surface area contributed by atoms with Crippen molar-refractivity contribution in [3.05, 3.63) is 0 Å². The molecule has 0 aliphatic rings. The van der Waals surface area contributed by atoms with Crippen LogP contribution in [-0.2, 0) is 4.79 Å². The van der Waals surface area contributed by atoms with E-state index in [9.17, 15) is 9.18 Å². The third-order valence-electron chi connectivity index (χ3n) is 1.27. The van der Waals surface area contributed by atoms with Gasteiger partial charge in [0.05, 0.1) is 0 Å². The smallest absolute Gasteiger partial charge is 0.257 e. The molecule has 1 unspecified atom stereocenters. The molecule has 0 aliphatic heterocycles. The van der Waals surface area contributed by atoms with Gasteiger partial charge in [0.2, 0.25) is 0 Å². The molecule has 66 valence electrons. The van der Waals surface area contributed by atoms with E-state index < -0.39 is 11.6 Å². The van der Waals surface area contributed by atoms with Crippen molar-refractivity contribution in [3.63, 3.8) is 0 Å². The topological polar surface area (TPSA) is 55.1 Å². The maximum Gasteiger partial charge on any atom is 0.257 e. The molecule has 1 amide bonds. The number of nitrogens with two attached hydrogens (primary N) is 1. The quantitative estimate of drug-likeness (QED) is 0.622. The second kappa shape index (κ2) is 3.67. The van der Waals surface area contributed by atoms with E-state index >= 15 is 0 Å². The number of nitrogens with one attached hydrogen (secondary N) is 1. The van der Waals surface area contributed by atoms with E-state index in [4.69, 9.17) is 5.73 Å². The summed E-state index contributed by atoms with van der Waals surface area (Å²) in [6.45, 7) is 4.47. The third-order valence-corrected chi connectivity index (χ3v) is 1.27. The van der Waals surface area contributed by atoms with E-state index in [1.807, 2.05) is 0 Å². The van der Waals surface area contributed by atoms with Crippen LogP contribution in [0.25, 0.3) is 0 Å². The van der Waals surface area contributed by atoms with E-state index in [0.717, 1.165) is 0 Å². The lowest BCUT2D eigenvalue weighted by Crippen LogP contribution is -2.45. The highest BCUT2D eigenvalue weighted by Gasteiger charge is 2.26. The Balaban J connectivity index is 3.88. The van der Waals surface area contributed by atoms with Crippen LogP contribution in [0.2, 0.25) is 0 Å².